The van der Waals surface area contributed by atoms with E-state index < -0.39 is 48.8 Å². The zero-order valence-corrected chi connectivity index (χ0v) is 21.0. The lowest BCUT2D eigenvalue weighted by molar-refractivity contribution is -0.162. The number of carboxylic acids is 1. The van der Waals surface area contributed by atoms with Gasteiger partial charge in [0.25, 0.3) is 5.92 Å². The Balaban J connectivity index is 1.81. The van der Waals surface area contributed by atoms with Gasteiger partial charge in [0, 0.05) is 35.9 Å². The molecule has 0 aliphatic carbocycles. The Bertz CT molecular complexity index is 1240. The second-order valence-electron chi connectivity index (χ2n) is 8.26. The largest absolute Gasteiger partial charge is 0.481 e. The van der Waals surface area contributed by atoms with Crippen LogP contribution in [0.2, 0.25) is 5.02 Å². The smallest absolute Gasteiger partial charge is 0.338 e. The van der Waals surface area contributed by atoms with Crippen molar-refractivity contribution < 1.29 is 37.3 Å². The Morgan fingerprint density at radius 1 is 1.41 bits per heavy atom. The number of amidine groups is 1. The number of aliphatic imine (C=N–C) groups is 1. The number of hydrogen-bond acceptors (Lipinski definition) is 9. The summed E-state index contributed by atoms with van der Waals surface area (Å²) >= 11 is 7.49. The van der Waals surface area contributed by atoms with Crippen LogP contribution in [0.1, 0.15) is 23.0 Å². The van der Waals surface area contributed by atoms with Crippen molar-refractivity contribution in [2.45, 2.75) is 24.4 Å². The van der Waals surface area contributed by atoms with Crippen LogP contribution in [0.4, 0.5) is 13.2 Å². The summed E-state index contributed by atoms with van der Waals surface area (Å²) in [5.74, 6) is -6.59. The molecule has 3 heterocycles. The Morgan fingerprint density at radius 2 is 2.19 bits per heavy atom. The van der Waals surface area contributed by atoms with E-state index in [2.05, 4.69) is 15.3 Å². The van der Waals surface area contributed by atoms with E-state index >= 15 is 0 Å². The molecule has 0 radical (unpaired) electrons. The standard InChI is InChI=1S/C23H22ClF3N4O5S/c1-35-22(34)17-14(10-31-6-7-36-11-15(31)23(26,27)9-16(32)33)29-20(21-28-5-8-37-21)30-19(17)12-3-2-4-13(25)18(12)24/h2-5,8,15,19H,6-7,9-11H2,1H3,(H,29,30)(H,32,33)/t15?,19-/m0/s1. The fourth-order valence-electron chi connectivity index (χ4n) is 4.22. The van der Waals surface area contributed by atoms with Gasteiger partial charge in [-0.05, 0) is 6.07 Å². The van der Waals surface area contributed by atoms with E-state index in [-0.39, 0.29) is 47.4 Å². The fourth-order valence-corrected chi connectivity index (χ4v) is 5.03. The number of carboxylic acid groups (broad SMARTS) is 1. The maximum atomic E-state index is 14.9. The van der Waals surface area contributed by atoms with E-state index in [1.807, 2.05) is 0 Å². The summed E-state index contributed by atoms with van der Waals surface area (Å²) < 4.78 is 54.4. The summed E-state index contributed by atoms with van der Waals surface area (Å²) in [5.41, 5.74) is 0.280. The Morgan fingerprint density at radius 3 is 2.86 bits per heavy atom. The number of benzene rings is 1. The van der Waals surface area contributed by atoms with Gasteiger partial charge >= 0.3 is 11.9 Å². The molecule has 198 valence electrons. The lowest BCUT2D eigenvalue weighted by Crippen LogP contribution is -2.57. The molecular formula is C23H22ClF3N4O5S. The third-order valence-electron chi connectivity index (χ3n) is 5.92. The molecule has 4 rings (SSSR count). The van der Waals surface area contributed by atoms with Crippen molar-refractivity contribution in [2.24, 2.45) is 4.99 Å². The van der Waals surface area contributed by atoms with Crippen LogP contribution in [0.3, 0.4) is 0 Å². The van der Waals surface area contributed by atoms with Gasteiger partial charge in [-0.3, -0.25) is 14.7 Å². The highest BCUT2D eigenvalue weighted by molar-refractivity contribution is 7.11. The van der Waals surface area contributed by atoms with Gasteiger partial charge in [-0.1, -0.05) is 23.7 Å². The summed E-state index contributed by atoms with van der Waals surface area (Å²) in [6, 6.07) is 1.36. The van der Waals surface area contributed by atoms with Gasteiger partial charge in [0.1, 0.15) is 18.3 Å². The van der Waals surface area contributed by atoms with Crippen LogP contribution in [0.25, 0.3) is 0 Å². The summed E-state index contributed by atoms with van der Waals surface area (Å²) in [6.07, 6.45) is 0.152. The summed E-state index contributed by atoms with van der Waals surface area (Å²) in [6.45, 7) is -0.489. The SMILES string of the molecule is COC(=O)C1=C(CN2CCOCC2C(F)(F)CC(=O)O)NC(c2nccs2)=N[C@H]1c1cccc(F)c1Cl. The molecule has 0 saturated carbocycles. The minimum atomic E-state index is -3.62. The number of aliphatic carboxylic acids is 1. The lowest BCUT2D eigenvalue weighted by atomic mass is 9.94. The monoisotopic (exact) mass is 558 g/mol. The first-order valence-corrected chi connectivity index (χ1v) is 12.3. The van der Waals surface area contributed by atoms with Crippen LogP contribution in [0.5, 0.6) is 0 Å². The molecule has 2 aliphatic rings. The van der Waals surface area contributed by atoms with Crippen LogP contribution in [0, 0.1) is 5.82 Å². The molecule has 1 fully saturated rings. The number of carbonyl (C=O) groups is 2. The van der Waals surface area contributed by atoms with Gasteiger partial charge < -0.3 is 19.9 Å². The van der Waals surface area contributed by atoms with E-state index in [1.54, 1.807) is 5.38 Å². The highest BCUT2D eigenvalue weighted by atomic mass is 35.5. The lowest BCUT2D eigenvalue weighted by Gasteiger charge is -2.40. The number of rotatable bonds is 8. The number of esters is 1. The second-order valence-corrected chi connectivity index (χ2v) is 9.53. The van der Waals surface area contributed by atoms with Gasteiger partial charge in [0.15, 0.2) is 10.8 Å². The zero-order valence-electron chi connectivity index (χ0n) is 19.4. The van der Waals surface area contributed by atoms with Crippen LogP contribution in [0.15, 0.2) is 46.0 Å². The van der Waals surface area contributed by atoms with Crippen molar-refractivity contribution >= 4 is 40.7 Å². The molecule has 9 nitrogen and oxygen atoms in total. The number of morpholine rings is 1. The molecule has 0 amide bonds. The first kappa shape index (κ1) is 27.0. The number of hydrogen-bond donors (Lipinski definition) is 2. The first-order chi connectivity index (χ1) is 17.6. The maximum absolute atomic E-state index is 14.9. The third-order valence-corrected chi connectivity index (χ3v) is 7.10. The van der Waals surface area contributed by atoms with Crippen LogP contribution in [-0.2, 0) is 19.1 Å². The number of aromatic nitrogens is 1. The molecular weight excluding hydrogens is 537 g/mol. The number of alkyl halides is 2. The van der Waals surface area contributed by atoms with Gasteiger partial charge in [-0.2, -0.15) is 0 Å². The Hall–Kier alpha value is -3.00. The molecule has 2 aromatic rings. The molecule has 2 atom stereocenters. The number of ether oxygens (including phenoxy) is 2. The summed E-state index contributed by atoms with van der Waals surface area (Å²) in [7, 11) is 1.15. The van der Waals surface area contributed by atoms with E-state index in [0.717, 1.165) is 13.2 Å². The van der Waals surface area contributed by atoms with Crippen molar-refractivity contribution in [3.8, 4) is 0 Å². The minimum absolute atomic E-state index is 0.0363. The topological polar surface area (TPSA) is 113 Å². The van der Waals surface area contributed by atoms with Gasteiger partial charge in [-0.15, -0.1) is 11.3 Å². The molecule has 1 saturated heterocycles. The molecule has 2 N–H and O–H groups in total. The zero-order chi connectivity index (χ0) is 26.7. The molecule has 0 spiro atoms. The predicted molar refractivity (Wildman–Crippen MR) is 128 cm³/mol. The molecule has 2 aliphatic heterocycles. The molecule has 1 unspecified atom stereocenters. The van der Waals surface area contributed by atoms with Crippen molar-refractivity contribution in [1.82, 2.24) is 15.2 Å². The predicted octanol–water partition coefficient (Wildman–Crippen LogP) is 3.26. The van der Waals surface area contributed by atoms with Crippen LogP contribution >= 0.6 is 22.9 Å². The average Bonchev–Trinajstić information content (AvgIpc) is 3.39. The number of nitrogens with one attached hydrogen (secondary N) is 1. The number of nitrogens with zero attached hydrogens (tertiary/aromatic N) is 3. The maximum Gasteiger partial charge on any atom is 0.338 e. The van der Waals surface area contributed by atoms with Crippen molar-refractivity contribution in [3.63, 3.8) is 0 Å². The van der Waals surface area contributed by atoms with Crippen LogP contribution < -0.4 is 5.32 Å². The average molecular weight is 559 g/mol. The van der Waals surface area contributed by atoms with E-state index in [0.29, 0.717) is 5.01 Å². The van der Waals surface area contributed by atoms with Crippen molar-refractivity contribution in [2.75, 3.05) is 33.4 Å². The van der Waals surface area contributed by atoms with Crippen molar-refractivity contribution in [3.05, 3.63) is 62.5 Å². The highest BCUT2D eigenvalue weighted by Gasteiger charge is 2.47. The number of thiazole rings is 1. The van der Waals surface area contributed by atoms with E-state index in [4.69, 9.17) is 26.2 Å². The van der Waals surface area contributed by atoms with Gasteiger partial charge in [0.05, 0.1) is 37.0 Å². The highest BCUT2D eigenvalue weighted by Crippen LogP contribution is 2.38. The van der Waals surface area contributed by atoms with Gasteiger partial charge in [-0.25, -0.2) is 22.9 Å². The molecule has 14 heteroatoms. The molecule has 0 bridgehead atoms. The number of methoxy groups -OCH3 is 1. The summed E-state index contributed by atoms with van der Waals surface area (Å²) in [5, 5.41) is 13.9. The fraction of sp³-hybridized carbons (Fsp3) is 0.391. The number of carbonyl (C=O) groups excluding carboxylic acids is 1. The second kappa shape index (κ2) is 11.2. The van der Waals surface area contributed by atoms with Crippen molar-refractivity contribution in [1.29, 1.82) is 0 Å². The Kier molecular flexibility index (Phi) is 8.17. The normalized spacial score (nSPS) is 20.8. The van der Waals surface area contributed by atoms with Crippen LogP contribution in [-0.4, -0.2) is 78.1 Å². The molecule has 1 aromatic carbocycles. The molecule has 1 aromatic heterocycles. The first-order valence-electron chi connectivity index (χ1n) is 11.0. The molecule has 37 heavy (non-hydrogen) atoms. The Labute approximate surface area is 218 Å². The quantitative estimate of drug-likeness (QED) is 0.475. The minimum Gasteiger partial charge on any atom is -0.481 e. The summed E-state index contributed by atoms with van der Waals surface area (Å²) in [4.78, 5) is 34.2. The third kappa shape index (κ3) is 5.79. The van der Waals surface area contributed by atoms with Gasteiger partial charge in [0.2, 0.25) is 0 Å². The van der Waals surface area contributed by atoms with E-state index in [1.165, 1.54) is 34.6 Å². The number of halogens is 4. The van der Waals surface area contributed by atoms with E-state index in [9.17, 15) is 22.8 Å².